The molecule has 0 saturated heterocycles. The van der Waals surface area contributed by atoms with E-state index in [9.17, 15) is 0 Å². The third-order valence-corrected chi connectivity index (χ3v) is 1.54. The zero-order valence-corrected chi connectivity index (χ0v) is 16.8. The van der Waals surface area contributed by atoms with Crippen molar-refractivity contribution < 1.29 is 38.9 Å². The molecule has 0 rings (SSSR count). The zero-order chi connectivity index (χ0) is 17.6. The predicted octanol–water partition coefficient (Wildman–Crippen LogP) is -1.14. The summed E-state index contributed by atoms with van der Waals surface area (Å²) in [4.78, 5) is 0. The van der Waals surface area contributed by atoms with Crippen molar-refractivity contribution in [3.05, 3.63) is 0 Å². The first kappa shape index (κ1) is 28.7. The molecule has 13 heteroatoms. The smallest absolute Gasteiger partial charge is 0.0916 e. The third kappa shape index (κ3) is 890. The molecule has 0 radical (unpaired) electrons. The average molecular weight is 461 g/mol. The Morgan fingerprint density at radius 3 is 0.900 bits per heavy atom. The van der Waals surface area contributed by atoms with Crippen molar-refractivity contribution in [3.63, 3.8) is 0 Å². The molecule has 0 bridgehead atoms. The second kappa shape index (κ2) is 14.5. The largest absolute Gasteiger partial charge is 0.748 e. The van der Waals surface area contributed by atoms with E-state index in [1.807, 2.05) is 0 Å². The minimum atomic E-state index is -3.92. The number of hydrogen-bond donors (Lipinski definition) is 0. The topological polar surface area (TPSA) is 172 Å². The van der Waals surface area contributed by atoms with Gasteiger partial charge < -0.3 is 13.7 Å². The van der Waals surface area contributed by atoms with Gasteiger partial charge in [0.15, 0.2) is 0 Å². The Morgan fingerprint density at radius 1 is 0.750 bits per heavy atom. The summed E-state index contributed by atoms with van der Waals surface area (Å²) in [6, 6.07) is 0. The predicted molar refractivity (Wildman–Crippen MR) is 72.3 cm³/mol. The standard InChI is InChI=1S/C4H9.3CH4O3S.Sn/c1-3-4-2;3*1-5(2,3)4;/h1,3-4H2,2H3;3*1H3,(H,2,3,4);/q;;;;+3/p-3. The van der Waals surface area contributed by atoms with Crippen LogP contribution in [0, 0.1) is 0 Å². The molecule has 0 heterocycles. The van der Waals surface area contributed by atoms with Gasteiger partial charge >= 0.3 is 46.7 Å². The van der Waals surface area contributed by atoms with Crippen molar-refractivity contribution in [2.24, 2.45) is 0 Å². The third-order valence-electron chi connectivity index (χ3n) is 0.530. The van der Waals surface area contributed by atoms with Crippen LogP contribution in [0.1, 0.15) is 19.8 Å². The molecule has 0 aromatic heterocycles. The Hall–Kier alpha value is 0.529. The quantitative estimate of drug-likeness (QED) is 0.364. The van der Waals surface area contributed by atoms with Gasteiger partial charge in [-0.25, -0.2) is 25.3 Å². The summed E-state index contributed by atoms with van der Waals surface area (Å²) in [7, 11) is -11.8. The van der Waals surface area contributed by atoms with E-state index in [4.69, 9.17) is 38.9 Å². The molecule has 0 N–H and O–H groups in total. The summed E-state index contributed by atoms with van der Waals surface area (Å²) in [6.45, 7) is 2.23. The summed E-state index contributed by atoms with van der Waals surface area (Å²) in [6.07, 6.45) is 4.61. The monoisotopic (exact) mass is 462 g/mol. The van der Waals surface area contributed by atoms with Crippen LogP contribution in [0.25, 0.3) is 0 Å². The fraction of sp³-hybridized carbons (Fsp3) is 1.00. The zero-order valence-electron chi connectivity index (χ0n) is 11.5. The average Bonchev–Trinajstić information content (AvgIpc) is 1.94. The van der Waals surface area contributed by atoms with Crippen molar-refractivity contribution in [2.75, 3.05) is 18.8 Å². The van der Waals surface area contributed by atoms with Crippen LogP contribution in [-0.4, -0.2) is 80.2 Å². The molecule has 0 unspecified atom stereocenters. The van der Waals surface area contributed by atoms with E-state index in [0.717, 1.165) is 0 Å². The maximum absolute atomic E-state index is 9.08. The molecule has 0 saturated carbocycles. The van der Waals surface area contributed by atoms with Crippen LogP contribution in [0.15, 0.2) is 0 Å². The van der Waals surface area contributed by atoms with Gasteiger partial charge in [-0.05, 0) is 0 Å². The molecule has 122 valence electrons. The minimum absolute atomic E-state index is 0.604. The summed E-state index contributed by atoms with van der Waals surface area (Å²) in [5.41, 5.74) is 0. The maximum atomic E-state index is 9.08. The van der Waals surface area contributed by atoms with Crippen molar-refractivity contribution in [1.29, 1.82) is 0 Å². The van der Waals surface area contributed by atoms with Gasteiger partial charge in [0.1, 0.15) is 0 Å². The Bertz CT molecular complexity index is 394. The molecule has 0 aromatic rings. The summed E-state index contributed by atoms with van der Waals surface area (Å²) < 4.78 is 83.1. The Kier molecular flexibility index (Phi) is 20.7. The van der Waals surface area contributed by atoms with Gasteiger partial charge in [0.25, 0.3) is 0 Å². The second-order valence-corrected chi connectivity index (χ2v) is 8.87. The van der Waals surface area contributed by atoms with Crippen molar-refractivity contribution in [2.45, 2.75) is 24.2 Å². The fourth-order valence-electron chi connectivity index (χ4n) is 0.177. The Labute approximate surface area is 134 Å². The van der Waals surface area contributed by atoms with E-state index in [-0.39, 0.29) is 0 Å². The molecule has 20 heavy (non-hydrogen) atoms. The molecular formula is C7H18O9S3Sn. The van der Waals surface area contributed by atoms with Crippen LogP contribution in [0.3, 0.4) is 0 Å². The molecule has 9 nitrogen and oxygen atoms in total. The van der Waals surface area contributed by atoms with E-state index >= 15 is 0 Å². The van der Waals surface area contributed by atoms with Gasteiger partial charge in [0, 0.05) is 18.8 Å². The first-order chi connectivity index (χ1) is 8.41. The van der Waals surface area contributed by atoms with Crippen LogP contribution in [0.4, 0.5) is 0 Å². The normalized spacial score (nSPS) is 10.8. The van der Waals surface area contributed by atoms with Gasteiger partial charge in [0.05, 0.1) is 30.4 Å². The van der Waals surface area contributed by atoms with Gasteiger partial charge in [-0.3, -0.25) is 0 Å². The van der Waals surface area contributed by atoms with Crippen LogP contribution in [0.2, 0.25) is 4.44 Å². The van der Waals surface area contributed by atoms with Crippen LogP contribution in [-0.2, 0) is 30.4 Å². The summed E-state index contributed by atoms with van der Waals surface area (Å²) in [5, 5.41) is 0. The minimum Gasteiger partial charge on any atom is -0.748 e. The van der Waals surface area contributed by atoms with Gasteiger partial charge in [-0.1, -0.05) is 0 Å². The van der Waals surface area contributed by atoms with E-state index < -0.39 is 30.4 Å². The van der Waals surface area contributed by atoms with Crippen molar-refractivity contribution in [1.82, 2.24) is 0 Å². The molecule has 0 atom stereocenters. The van der Waals surface area contributed by atoms with E-state index in [1.165, 1.54) is 17.3 Å². The first-order valence-electron chi connectivity index (χ1n) is 4.79. The van der Waals surface area contributed by atoms with Gasteiger partial charge in [-0.2, -0.15) is 0 Å². The van der Waals surface area contributed by atoms with Crippen molar-refractivity contribution >= 4 is 52.9 Å². The number of unbranched alkanes of at least 4 members (excludes halogenated alkanes) is 1. The van der Waals surface area contributed by atoms with E-state index in [0.29, 0.717) is 18.8 Å². The first-order valence-corrected chi connectivity index (χ1v) is 12.3. The Balaban J connectivity index is -0.0000000853. The summed E-state index contributed by atoms with van der Waals surface area (Å²) >= 11 is 1.68. The van der Waals surface area contributed by atoms with Crippen LogP contribution < -0.4 is 0 Å². The molecule has 0 aliphatic heterocycles. The van der Waals surface area contributed by atoms with Crippen LogP contribution >= 0.6 is 0 Å². The molecule has 0 aliphatic carbocycles. The SMILES string of the molecule is CCC[CH2][Sn+3].CS(=O)(=O)[O-].CS(=O)(=O)[O-].CS(=O)(=O)[O-]. The number of rotatable bonds is 2. The molecule has 0 aromatic carbocycles. The maximum Gasteiger partial charge on any atom is 0.0916 e. The molecule has 0 spiro atoms. The van der Waals surface area contributed by atoms with Crippen LogP contribution in [0.5, 0.6) is 0 Å². The molecule has 0 fully saturated rings. The second-order valence-electron chi connectivity index (χ2n) is 3.22. The van der Waals surface area contributed by atoms with Gasteiger partial charge in [-0.15, -0.1) is 0 Å². The Morgan fingerprint density at radius 2 is 0.900 bits per heavy atom. The fourth-order valence-corrected chi connectivity index (χ4v) is 1.19. The van der Waals surface area contributed by atoms with E-state index in [1.54, 1.807) is 22.5 Å². The van der Waals surface area contributed by atoms with E-state index in [2.05, 4.69) is 6.92 Å². The van der Waals surface area contributed by atoms with Gasteiger partial charge in [0.2, 0.25) is 0 Å². The molecule has 0 amide bonds. The number of hydrogen-bond acceptors (Lipinski definition) is 9. The summed E-state index contributed by atoms with van der Waals surface area (Å²) in [5.74, 6) is 0. The molecule has 0 aliphatic rings. The van der Waals surface area contributed by atoms with Crippen molar-refractivity contribution in [3.8, 4) is 0 Å². The molecular weight excluding hydrogens is 443 g/mol.